The van der Waals surface area contributed by atoms with E-state index in [1.807, 2.05) is 17.0 Å². The van der Waals surface area contributed by atoms with Gasteiger partial charge in [-0.25, -0.2) is 4.39 Å². The lowest BCUT2D eigenvalue weighted by Crippen LogP contribution is -2.55. The van der Waals surface area contributed by atoms with E-state index < -0.39 is 5.41 Å². The van der Waals surface area contributed by atoms with Gasteiger partial charge in [-0.15, -0.1) is 0 Å². The van der Waals surface area contributed by atoms with Gasteiger partial charge >= 0.3 is 0 Å². The predicted octanol–water partition coefficient (Wildman–Crippen LogP) is 3.19. The van der Waals surface area contributed by atoms with Gasteiger partial charge < -0.3 is 4.90 Å². The molecule has 0 radical (unpaired) electrons. The normalized spacial score (nSPS) is 21.8. The highest BCUT2D eigenvalue weighted by molar-refractivity contribution is 5.88. The van der Waals surface area contributed by atoms with Crippen LogP contribution in [-0.4, -0.2) is 47.9 Å². The number of nitrogens with zero attached hydrogens (tertiary/aromatic N) is 2. The van der Waals surface area contributed by atoms with Gasteiger partial charge in [0.2, 0.25) is 5.91 Å². The van der Waals surface area contributed by atoms with Gasteiger partial charge in [0.1, 0.15) is 5.82 Å². The van der Waals surface area contributed by atoms with Crippen molar-refractivity contribution in [3.63, 3.8) is 0 Å². The van der Waals surface area contributed by atoms with E-state index in [1.165, 1.54) is 12.1 Å². The molecular formula is C19H27FN2O. The fourth-order valence-electron chi connectivity index (χ4n) is 4.12. The van der Waals surface area contributed by atoms with Crippen LogP contribution in [0.5, 0.6) is 0 Å². The van der Waals surface area contributed by atoms with Gasteiger partial charge in [0, 0.05) is 32.2 Å². The molecule has 1 aromatic carbocycles. The number of benzene rings is 1. The molecule has 1 saturated carbocycles. The van der Waals surface area contributed by atoms with Crippen LogP contribution in [0.25, 0.3) is 0 Å². The first-order chi connectivity index (χ1) is 11.0. The topological polar surface area (TPSA) is 23.6 Å². The fourth-order valence-corrected chi connectivity index (χ4v) is 4.12. The van der Waals surface area contributed by atoms with Crippen LogP contribution in [0.3, 0.4) is 0 Å². The van der Waals surface area contributed by atoms with E-state index in [9.17, 15) is 9.18 Å². The van der Waals surface area contributed by atoms with Crippen LogP contribution in [0, 0.1) is 5.82 Å². The largest absolute Gasteiger partial charge is 0.339 e. The Bertz CT molecular complexity index is 541. The summed E-state index contributed by atoms with van der Waals surface area (Å²) < 4.78 is 13.3. The minimum atomic E-state index is -0.423. The first kappa shape index (κ1) is 16.4. The van der Waals surface area contributed by atoms with Gasteiger partial charge in [0.25, 0.3) is 0 Å². The number of hydrogen-bond donors (Lipinski definition) is 0. The zero-order valence-electron chi connectivity index (χ0n) is 14.2. The van der Waals surface area contributed by atoms with Crippen LogP contribution in [0.2, 0.25) is 0 Å². The van der Waals surface area contributed by atoms with Crippen molar-refractivity contribution < 1.29 is 9.18 Å². The average molecular weight is 318 g/mol. The lowest BCUT2D eigenvalue weighted by atomic mass is 9.77. The summed E-state index contributed by atoms with van der Waals surface area (Å²) in [5.41, 5.74) is 0.570. The molecule has 1 aromatic rings. The minimum absolute atomic E-state index is 0.236. The van der Waals surface area contributed by atoms with Crippen molar-refractivity contribution >= 4 is 5.91 Å². The maximum Gasteiger partial charge on any atom is 0.233 e. The standard InChI is InChI=1S/C19H27FN2O/c1-15(2)21-11-13-22(14-12-21)18(23)19(9-3-4-10-19)16-5-7-17(20)8-6-16/h5-8,15H,3-4,9-14H2,1-2H3. The molecule has 2 fully saturated rings. The van der Waals surface area contributed by atoms with Crippen LogP contribution in [-0.2, 0) is 10.2 Å². The molecule has 1 heterocycles. The third kappa shape index (κ3) is 3.14. The molecule has 3 nitrogen and oxygen atoms in total. The van der Waals surface area contributed by atoms with Gasteiger partial charge in [-0.05, 0) is 44.4 Å². The Hall–Kier alpha value is -1.42. The Balaban J connectivity index is 1.79. The lowest BCUT2D eigenvalue weighted by Gasteiger charge is -2.41. The summed E-state index contributed by atoms with van der Waals surface area (Å²) in [6.07, 6.45) is 3.94. The molecule has 0 atom stereocenters. The second kappa shape index (κ2) is 6.60. The second-order valence-corrected chi connectivity index (χ2v) is 7.22. The van der Waals surface area contributed by atoms with Crippen molar-refractivity contribution in [1.29, 1.82) is 0 Å². The molecule has 0 bridgehead atoms. The van der Waals surface area contributed by atoms with E-state index in [4.69, 9.17) is 0 Å². The van der Waals surface area contributed by atoms with Gasteiger partial charge in [-0.3, -0.25) is 9.69 Å². The van der Waals surface area contributed by atoms with E-state index in [2.05, 4.69) is 18.7 Å². The summed E-state index contributed by atoms with van der Waals surface area (Å²) in [6, 6.07) is 7.12. The highest BCUT2D eigenvalue weighted by Crippen LogP contribution is 2.42. The van der Waals surface area contributed by atoms with Gasteiger partial charge in [0.05, 0.1) is 5.41 Å². The Morgan fingerprint density at radius 1 is 1.04 bits per heavy atom. The number of carbonyl (C=O) groups is 1. The molecule has 126 valence electrons. The Morgan fingerprint density at radius 3 is 2.13 bits per heavy atom. The van der Waals surface area contributed by atoms with E-state index in [1.54, 1.807) is 0 Å². The molecule has 1 amide bonds. The van der Waals surface area contributed by atoms with Crippen LogP contribution in [0.15, 0.2) is 24.3 Å². The fraction of sp³-hybridized carbons (Fsp3) is 0.632. The van der Waals surface area contributed by atoms with Crippen molar-refractivity contribution in [2.24, 2.45) is 0 Å². The SMILES string of the molecule is CC(C)N1CCN(C(=O)C2(c3ccc(F)cc3)CCCC2)CC1. The molecule has 1 aliphatic carbocycles. The van der Waals surface area contributed by atoms with Crippen molar-refractivity contribution in [2.75, 3.05) is 26.2 Å². The van der Waals surface area contributed by atoms with Crippen molar-refractivity contribution in [1.82, 2.24) is 9.80 Å². The van der Waals surface area contributed by atoms with Crippen LogP contribution < -0.4 is 0 Å². The lowest BCUT2D eigenvalue weighted by molar-refractivity contribution is -0.139. The van der Waals surface area contributed by atoms with Crippen molar-refractivity contribution in [3.05, 3.63) is 35.6 Å². The number of piperazine rings is 1. The predicted molar refractivity (Wildman–Crippen MR) is 89.8 cm³/mol. The van der Waals surface area contributed by atoms with Gasteiger partial charge in [-0.2, -0.15) is 0 Å². The highest BCUT2D eigenvalue weighted by Gasteiger charge is 2.45. The van der Waals surface area contributed by atoms with Crippen LogP contribution in [0.4, 0.5) is 4.39 Å². The van der Waals surface area contributed by atoms with E-state index in [-0.39, 0.29) is 11.7 Å². The van der Waals surface area contributed by atoms with Crippen LogP contribution in [0.1, 0.15) is 45.1 Å². The van der Waals surface area contributed by atoms with E-state index >= 15 is 0 Å². The molecule has 2 aliphatic rings. The van der Waals surface area contributed by atoms with Gasteiger partial charge in [0.15, 0.2) is 0 Å². The third-order valence-corrected chi connectivity index (χ3v) is 5.60. The molecule has 0 N–H and O–H groups in total. The Labute approximate surface area is 138 Å². The third-order valence-electron chi connectivity index (χ3n) is 5.60. The molecule has 0 aromatic heterocycles. The van der Waals surface area contributed by atoms with Crippen molar-refractivity contribution in [2.45, 2.75) is 51.0 Å². The van der Waals surface area contributed by atoms with E-state index in [0.717, 1.165) is 57.4 Å². The summed E-state index contributed by atoms with van der Waals surface area (Å²) in [7, 11) is 0. The average Bonchev–Trinajstić information content (AvgIpc) is 3.06. The number of hydrogen-bond acceptors (Lipinski definition) is 2. The maximum atomic E-state index is 13.3. The second-order valence-electron chi connectivity index (χ2n) is 7.22. The molecule has 23 heavy (non-hydrogen) atoms. The summed E-state index contributed by atoms with van der Waals surface area (Å²) in [4.78, 5) is 17.8. The number of carbonyl (C=O) groups excluding carboxylic acids is 1. The quantitative estimate of drug-likeness (QED) is 0.854. The first-order valence-electron chi connectivity index (χ1n) is 8.82. The smallest absolute Gasteiger partial charge is 0.233 e. The molecule has 0 unspecified atom stereocenters. The summed E-state index contributed by atoms with van der Waals surface area (Å²) >= 11 is 0. The van der Waals surface area contributed by atoms with Gasteiger partial charge in [-0.1, -0.05) is 25.0 Å². The number of rotatable bonds is 3. The maximum absolute atomic E-state index is 13.3. The summed E-state index contributed by atoms with van der Waals surface area (Å²) in [5, 5.41) is 0. The monoisotopic (exact) mass is 318 g/mol. The zero-order chi connectivity index (χ0) is 16.4. The molecule has 1 aliphatic heterocycles. The van der Waals surface area contributed by atoms with Crippen molar-refractivity contribution in [3.8, 4) is 0 Å². The molecule has 1 saturated heterocycles. The Morgan fingerprint density at radius 2 is 1.61 bits per heavy atom. The van der Waals surface area contributed by atoms with Crippen LogP contribution >= 0.6 is 0 Å². The summed E-state index contributed by atoms with van der Waals surface area (Å²) in [5.74, 6) is 0.0184. The summed E-state index contributed by atoms with van der Waals surface area (Å²) in [6.45, 7) is 7.91. The molecular weight excluding hydrogens is 291 g/mol. The zero-order valence-corrected chi connectivity index (χ0v) is 14.2. The number of halogens is 1. The first-order valence-corrected chi connectivity index (χ1v) is 8.82. The van der Waals surface area contributed by atoms with E-state index in [0.29, 0.717) is 6.04 Å². The minimum Gasteiger partial charge on any atom is -0.339 e. The molecule has 3 rings (SSSR count). The number of amides is 1. The Kier molecular flexibility index (Phi) is 4.72. The molecule has 0 spiro atoms. The molecule has 4 heteroatoms. The highest BCUT2D eigenvalue weighted by atomic mass is 19.1.